The third kappa shape index (κ3) is 1.84. The van der Waals surface area contributed by atoms with Gasteiger partial charge < -0.3 is 4.90 Å². The maximum atomic E-state index is 13.0. The molecule has 1 aliphatic rings. The lowest BCUT2D eigenvalue weighted by Gasteiger charge is -2.23. The number of hydrogen-bond donors (Lipinski definition) is 0. The third-order valence-electron chi connectivity index (χ3n) is 4.57. The molecule has 5 heteroatoms. The van der Waals surface area contributed by atoms with E-state index < -0.39 is 0 Å². The summed E-state index contributed by atoms with van der Waals surface area (Å²) in [6, 6.07) is 12.8. The molecule has 0 N–H and O–H groups in total. The van der Waals surface area contributed by atoms with Gasteiger partial charge in [0, 0.05) is 13.1 Å². The molecule has 3 aromatic rings. The van der Waals surface area contributed by atoms with Crippen LogP contribution in [0.5, 0.6) is 0 Å². The van der Waals surface area contributed by atoms with E-state index in [0.29, 0.717) is 22.2 Å². The Balaban J connectivity index is 2.07. The Morgan fingerprint density at radius 2 is 1.75 bits per heavy atom. The Morgan fingerprint density at radius 3 is 2.50 bits per heavy atom. The zero-order valence-electron chi connectivity index (χ0n) is 13.6. The Bertz CT molecular complexity index is 1030. The first-order chi connectivity index (χ1) is 11.7. The molecule has 0 fully saturated rings. The second-order valence-electron chi connectivity index (χ2n) is 5.77. The lowest BCUT2D eigenvalue weighted by atomic mass is 10.1. The molecule has 5 nitrogen and oxygen atoms in total. The molecule has 0 amide bonds. The molecule has 2 aromatic carbocycles. The average Bonchev–Trinajstić information content (AvgIpc) is 2.90. The van der Waals surface area contributed by atoms with E-state index in [4.69, 9.17) is 0 Å². The van der Waals surface area contributed by atoms with Gasteiger partial charge in [-0.15, -0.1) is 0 Å². The first-order valence-corrected chi connectivity index (χ1v) is 8.12. The second kappa shape index (κ2) is 5.30. The van der Waals surface area contributed by atoms with Crippen molar-refractivity contribution in [1.82, 2.24) is 9.55 Å². The molecule has 0 spiro atoms. The molecule has 0 aliphatic carbocycles. The summed E-state index contributed by atoms with van der Waals surface area (Å²) in [5, 5.41) is 0.523. The molecular formula is C19H17N3O2. The van der Waals surface area contributed by atoms with Crippen molar-refractivity contribution in [3.63, 3.8) is 0 Å². The van der Waals surface area contributed by atoms with E-state index in [0.717, 1.165) is 18.8 Å². The van der Waals surface area contributed by atoms with Gasteiger partial charge in [-0.1, -0.05) is 18.2 Å². The summed E-state index contributed by atoms with van der Waals surface area (Å²) in [5.74, 6) is 0.0173. The topological polar surface area (TPSA) is 55.2 Å². The monoisotopic (exact) mass is 319 g/mol. The van der Waals surface area contributed by atoms with Crippen molar-refractivity contribution >= 4 is 22.4 Å². The van der Waals surface area contributed by atoms with E-state index in [9.17, 15) is 9.59 Å². The second-order valence-corrected chi connectivity index (χ2v) is 5.77. The molecule has 0 saturated heterocycles. The summed E-state index contributed by atoms with van der Waals surface area (Å²) in [7, 11) is 0. The largest absolute Gasteiger partial charge is 0.371 e. The fraction of sp³-hybridized carbons (Fsp3) is 0.211. The van der Waals surface area contributed by atoms with E-state index in [1.807, 2.05) is 44.2 Å². The van der Waals surface area contributed by atoms with Gasteiger partial charge in [-0.05, 0) is 38.1 Å². The molecule has 1 aliphatic heterocycles. The fourth-order valence-electron chi connectivity index (χ4n) is 3.40. The third-order valence-corrected chi connectivity index (χ3v) is 4.57. The van der Waals surface area contributed by atoms with Gasteiger partial charge in [-0.3, -0.25) is 14.2 Å². The summed E-state index contributed by atoms with van der Waals surface area (Å²) in [6.07, 6.45) is 0. The summed E-state index contributed by atoms with van der Waals surface area (Å²) >= 11 is 0. The number of hydrogen-bond acceptors (Lipinski definition) is 4. The number of benzene rings is 2. The standard InChI is InChI=1S/C19H17N3O2/c1-3-21(4-2)14-10-7-11-15-16(14)17(23)18-20-13-9-6-5-8-12(13)19(24)22(15)18/h5-11H,3-4H2,1-2H3. The number of fused-ring (bicyclic) bond motifs is 4. The highest BCUT2D eigenvalue weighted by molar-refractivity contribution is 6.16. The van der Waals surface area contributed by atoms with Crippen molar-refractivity contribution < 1.29 is 4.79 Å². The van der Waals surface area contributed by atoms with Crippen molar-refractivity contribution in [2.75, 3.05) is 18.0 Å². The molecule has 1 aromatic heterocycles. The van der Waals surface area contributed by atoms with Gasteiger partial charge in [-0.2, -0.15) is 0 Å². The van der Waals surface area contributed by atoms with Crippen LogP contribution in [0.25, 0.3) is 16.6 Å². The van der Waals surface area contributed by atoms with Crippen LogP contribution in [0.1, 0.15) is 30.0 Å². The number of ketones is 1. The first kappa shape index (κ1) is 14.6. The van der Waals surface area contributed by atoms with Gasteiger partial charge in [0.1, 0.15) is 0 Å². The van der Waals surface area contributed by atoms with Crippen LogP contribution in [0.3, 0.4) is 0 Å². The number of aromatic nitrogens is 2. The van der Waals surface area contributed by atoms with Gasteiger partial charge in [0.15, 0.2) is 5.82 Å². The highest BCUT2D eigenvalue weighted by atomic mass is 16.1. The molecule has 0 bridgehead atoms. The SMILES string of the molecule is CCN(CC)c1cccc2c1C(=O)c1nc3ccccc3c(=O)n1-2. The van der Waals surface area contributed by atoms with Gasteiger partial charge in [0.05, 0.1) is 27.8 Å². The summed E-state index contributed by atoms with van der Waals surface area (Å²) in [4.78, 5) is 32.5. The number of anilines is 1. The van der Waals surface area contributed by atoms with Gasteiger partial charge in [0.2, 0.25) is 5.78 Å². The summed E-state index contributed by atoms with van der Waals surface area (Å²) in [5.41, 5.74) is 2.42. The van der Waals surface area contributed by atoms with Crippen molar-refractivity contribution in [2.45, 2.75) is 13.8 Å². The van der Waals surface area contributed by atoms with Crippen molar-refractivity contribution in [3.8, 4) is 5.69 Å². The van der Waals surface area contributed by atoms with E-state index in [-0.39, 0.29) is 17.2 Å². The maximum Gasteiger partial charge on any atom is 0.266 e. The van der Waals surface area contributed by atoms with Gasteiger partial charge in [0.25, 0.3) is 5.56 Å². The molecule has 0 saturated carbocycles. The fourth-order valence-corrected chi connectivity index (χ4v) is 3.40. The molecule has 2 heterocycles. The normalized spacial score (nSPS) is 12.3. The van der Waals surface area contributed by atoms with Crippen LogP contribution in [0, 0.1) is 0 Å². The van der Waals surface area contributed by atoms with Gasteiger partial charge >= 0.3 is 0 Å². The minimum Gasteiger partial charge on any atom is -0.371 e. The zero-order valence-corrected chi connectivity index (χ0v) is 13.6. The molecule has 0 atom stereocenters. The number of nitrogens with zero attached hydrogens (tertiary/aromatic N) is 3. The number of rotatable bonds is 3. The quantitative estimate of drug-likeness (QED) is 0.583. The highest BCUT2D eigenvalue weighted by Crippen LogP contribution is 2.33. The van der Waals surface area contributed by atoms with E-state index >= 15 is 0 Å². The molecular weight excluding hydrogens is 302 g/mol. The average molecular weight is 319 g/mol. The Labute approximate surface area is 139 Å². The molecule has 4 rings (SSSR count). The minimum atomic E-state index is -0.195. The Morgan fingerprint density at radius 1 is 1.00 bits per heavy atom. The first-order valence-electron chi connectivity index (χ1n) is 8.12. The lowest BCUT2D eigenvalue weighted by molar-refractivity contribution is 0.103. The van der Waals surface area contributed by atoms with Crippen LogP contribution in [0.4, 0.5) is 5.69 Å². The van der Waals surface area contributed by atoms with Crippen LogP contribution in [0.15, 0.2) is 47.3 Å². The lowest BCUT2D eigenvalue weighted by Crippen LogP contribution is -2.23. The van der Waals surface area contributed by atoms with Crippen LogP contribution in [-0.4, -0.2) is 28.4 Å². The molecule has 0 unspecified atom stereocenters. The zero-order chi connectivity index (χ0) is 16.8. The molecule has 0 radical (unpaired) electrons. The van der Waals surface area contributed by atoms with Crippen molar-refractivity contribution in [1.29, 1.82) is 0 Å². The number of carbonyl (C=O) groups excluding carboxylic acids is 1. The van der Waals surface area contributed by atoms with E-state index in [1.54, 1.807) is 12.1 Å². The maximum absolute atomic E-state index is 13.0. The highest BCUT2D eigenvalue weighted by Gasteiger charge is 2.33. The summed E-state index contributed by atoms with van der Waals surface area (Å²) < 4.78 is 1.45. The van der Waals surface area contributed by atoms with Crippen LogP contribution in [0.2, 0.25) is 0 Å². The van der Waals surface area contributed by atoms with E-state index in [2.05, 4.69) is 9.88 Å². The smallest absolute Gasteiger partial charge is 0.266 e. The number of carbonyl (C=O) groups is 1. The Kier molecular flexibility index (Phi) is 3.23. The molecule has 24 heavy (non-hydrogen) atoms. The van der Waals surface area contributed by atoms with E-state index in [1.165, 1.54) is 4.57 Å². The number of para-hydroxylation sites is 1. The van der Waals surface area contributed by atoms with Crippen LogP contribution >= 0.6 is 0 Å². The summed E-state index contributed by atoms with van der Waals surface area (Å²) in [6.45, 7) is 5.68. The van der Waals surface area contributed by atoms with Crippen LogP contribution in [-0.2, 0) is 0 Å². The van der Waals surface area contributed by atoms with Crippen molar-refractivity contribution in [2.24, 2.45) is 0 Å². The predicted octanol–water partition coefficient (Wildman–Crippen LogP) is 2.78. The predicted molar refractivity (Wildman–Crippen MR) is 94.3 cm³/mol. The van der Waals surface area contributed by atoms with Gasteiger partial charge in [-0.25, -0.2) is 4.98 Å². The van der Waals surface area contributed by atoms with Crippen molar-refractivity contribution in [3.05, 3.63) is 64.2 Å². The molecule has 120 valence electrons. The Hall–Kier alpha value is -2.95. The minimum absolute atomic E-state index is 0.185. The van der Waals surface area contributed by atoms with Crippen LogP contribution < -0.4 is 10.5 Å².